The first-order valence-electron chi connectivity index (χ1n) is 6.14. The van der Waals surface area contributed by atoms with E-state index in [9.17, 15) is 0 Å². The monoisotopic (exact) mass is 219 g/mol. The largest absolute Gasteiger partial charge is 0.381 e. The van der Waals surface area contributed by atoms with E-state index in [1.165, 1.54) is 24.1 Å². The van der Waals surface area contributed by atoms with Gasteiger partial charge in [-0.2, -0.15) is 0 Å². The normalized spacial score (nSPS) is 17.9. The van der Waals surface area contributed by atoms with Crippen LogP contribution in [-0.2, 0) is 0 Å². The second-order valence-electron chi connectivity index (χ2n) is 4.77. The lowest BCUT2D eigenvalue weighted by atomic mass is 9.82. The molecule has 0 spiro atoms. The van der Waals surface area contributed by atoms with E-state index in [1.807, 2.05) is 6.20 Å². The van der Waals surface area contributed by atoms with Gasteiger partial charge in [0.2, 0.25) is 0 Å². The second-order valence-corrected chi connectivity index (χ2v) is 4.77. The predicted octanol–water partition coefficient (Wildman–Crippen LogP) is 3.03. The number of nitrogens with zero attached hydrogens (tertiary/aromatic N) is 1. The molecule has 0 amide bonds. The summed E-state index contributed by atoms with van der Waals surface area (Å²) in [5, 5.41) is 7.05. The van der Waals surface area contributed by atoms with Crippen LogP contribution in [0.1, 0.15) is 32.3 Å². The van der Waals surface area contributed by atoms with Crippen LogP contribution >= 0.6 is 0 Å². The predicted molar refractivity (Wildman–Crippen MR) is 69.0 cm³/mol. The van der Waals surface area contributed by atoms with Crippen molar-refractivity contribution in [3.8, 4) is 0 Å². The molecule has 0 aliphatic carbocycles. The van der Waals surface area contributed by atoms with E-state index in [-0.39, 0.29) is 0 Å². The SMILES string of the molecule is CCC1(CC)CNc2nccc(C)c2NC1. The fraction of sp³-hybridized carbons (Fsp3) is 0.615. The van der Waals surface area contributed by atoms with Gasteiger partial charge in [0.1, 0.15) is 5.82 Å². The Labute approximate surface area is 97.7 Å². The summed E-state index contributed by atoms with van der Waals surface area (Å²) in [7, 11) is 0. The second kappa shape index (κ2) is 4.32. The molecule has 3 nitrogen and oxygen atoms in total. The van der Waals surface area contributed by atoms with Gasteiger partial charge >= 0.3 is 0 Å². The van der Waals surface area contributed by atoms with Crippen molar-refractivity contribution in [1.29, 1.82) is 0 Å². The summed E-state index contributed by atoms with van der Waals surface area (Å²) < 4.78 is 0. The fourth-order valence-electron chi connectivity index (χ4n) is 2.28. The molecule has 0 saturated carbocycles. The van der Waals surface area contributed by atoms with Crippen molar-refractivity contribution in [2.75, 3.05) is 23.7 Å². The Bertz CT molecular complexity index is 369. The molecule has 88 valence electrons. The summed E-state index contributed by atoms with van der Waals surface area (Å²) in [4.78, 5) is 4.40. The zero-order valence-corrected chi connectivity index (χ0v) is 10.4. The van der Waals surface area contributed by atoms with Crippen molar-refractivity contribution in [3.05, 3.63) is 17.8 Å². The van der Waals surface area contributed by atoms with Crippen molar-refractivity contribution in [1.82, 2.24) is 4.98 Å². The fourth-order valence-corrected chi connectivity index (χ4v) is 2.28. The molecule has 1 aromatic rings. The molecule has 2 heterocycles. The van der Waals surface area contributed by atoms with Gasteiger partial charge in [0.15, 0.2) is 0 Å². The molecule has 0 saturated heterocycles. The van der Waals surface area contributed by atoms with Crippen molar-refractivity contribution in [3.63, 3.8) is 0 Å². The maximum Gasteiger partial charge on any atom is 0.149 e. The minimum absolute atomic E-state index is 0.354. The summed E-state index contributed by atoms with van der Waals surface area (Å²) in [6, 6.07) is 2.05. The third-order valence-corrected chi connectivity index (χ3v) is 3.93. The zero-order valence-electron chi connectivity index (χ0n) is 10.4. The van der Waals surface area contributed by atoms with Crippen molar-refractivity contribution in [2.24, 2.45) is 5.41 Å². The van der Waals surface area contributed by atoms with E-state index in [2.05, 4.69) is 42.5 Å². The Balaban J connectivity index is 2.28. The van der Waals surface area contributed by atoms with Crippen LogP contribution in [0, 0.1) is 12.3 Å². The molecule has 2 rings (SSSR count). The highest BCUT2D eigenvalue weighted by Crippen LogP contribution is 2.33. The van der Waals surface area contributed by atoms with Gasteiger partial charge in [-0.25, -0.2) is 4.98 Å². The number of aromatic nitrogens is 1. The number of nitrogens with one attached hydrogen (secondary N) is 2. The molecule has 2 N–H and O–H groups in total. The number of hydrogen-bond acceptors (Lipinski definition) is 3. The van der Waals surface area contributed by atoms with Gasteiger partial charge in [-0.05, 0) is 31.4 Å². The molecular formula is C13H21N3. The summed E-state index contributed by atoms with van der Waals surface area (Å²) in [6.45, 7) is 8.70. The molecule has 0 atom stereocenters. The lowest BCUT2D eigenvalue weighted by Crippen LogP contribution is -2.33. The van der Waals surface area contributed by atoms with Gasteiger partial charge < -0.3 is 10.6 Å². The van der Waals surface area contributed by atoms with Gasteiger partial charge in [0, 0.05) is 24.7 Å². The number of pyridine rings is 1. The first-order valence-corrected chi connectivity index (χ1v) is 6.14. The molecule has 0 radical (unpaired) electrons. The Kier molecular flexibility index (Phi) is 3.03. The van der Waals surface area contributed by atoms with Crippen molar-refractivity contribution in [2.45, 2.75) is 33.6 Å². The van der Waals surface area contributed by atoms with E-state index in [4.69, 9.17) is 0 Å². The Morgan fingerprint density at radius 1 is 1.25 bits per heavy atom. The lowest BCUT2D eigenvalue weighted by molar-refractivity contribution is 0.307. The van der Waals surface area contributed by atoms with Crippen molar-refractivity contribution >= 4 is 11.5 Å². The van der Waals surface area contributed by atoms with Crippen LogP contribution in [0.4, 0.5) is 11.5 Å². The van der Waals surface area contributed by atoms with E-state index in [0.29, 0.717) is 5.41 Å². The van der Waals surface area contributed by atoms with Gasteiger partial charge in [-0.3, -0.25) is 0 Å². The van der Waals surface area contributed by atoms with Gasteiger partial charge in [0.25, 0.3) is 0 Å². The first-order chi connectivity index (χ1) is 7.71. The number of anilines is 2. The first kappa shape index (κ1) is 11.2. The third kappa shape index (κ3) is 1.86. The molecule has 3 heteroatoms. The van der Waals surface area contributed by atoms with E-state index in [0.717, 1.165) is 18.9 Å². The number of hydrogen-bond donors (Lipinski definition) is 2. The maximum atomic E-state index is 4.40. The van der Waals surface area contributed by atoms with E-state index in [1.54, 1.807) is 0 Å². The number of rotatable bonds is 2. The molecule has 0 fully saturated rings. The standard InChI is InChI=1S/C13H21N3/c1-4-13(5-2)8-15-11-10(3)6-7-14-12(11)16-9-13/h6-7,15H,4-5,8-9H2,1-3H3,(H,14,16). The highest BCUT2D eigenvalue weighted by atomic mass is 15.1. The van der Waals surface area contributed by atoms with Crippen LogP contribution in [-0.4, -0.2) is 18.1 Å². The van der Waals surface area contributed by atoms with Crippen LogP contribution in [0.3, 0.4) is 0 Å². The van der Waals surface area contributed by atoms with Crippen LogP contribution in [0.5, 0.6) is 0 Å². The zero-order chi connectivity index (χ0) is 11.6. The number of fused-ring (bicyclic) bond motifs is 1. The highest BCUT2D eigenvalue weighted by molar-refractivity contribution is 5.69. The minimum Gasteiger partial charge on any atom is -0.381 e. The Morgan fingerprint density at radius 2 is 1.94 bits per heavy atom. The minimum atomic E-state index is 0.354. The summed E-state index contributed by atoms with van der Waals surface area (Å²) >= 11 is 0. The Hall–Kier alpha value is -1.25. The summed E-state index contributed by atoms with van der Waals surface area (Å²) in [5.74, 6) is 1.00. The molecule has 1 aromatic heterocycles. The van der Waals surface area contributed by atoms with Crippen LogP contribution in [0.25, 0.3) is 0 Å². The lowest BCUT2D eigenvalue weighted by Gasteiger charge is -2.29. The average molecular weight is 219 g/mol. The van der Waals surface area contributed by atoms with Crippen LogP contribution in [0.2, 0.25) is 0 Å². The number of aryl methyl sites for hydroxylation is 1. The van der Waals surface area contributed by atoms with E-state index >= 15 is 0 Å². The van der Waals surface area contributed by atoms with Crippen LogP contribution < -0.4 is 10.6 Å². The summed E-state index contributed by atoms with van der Waals surface area (Å²) in [5.41, 5.74) is 2.79. The smallest absolute Gasteiger partial charge is 0.149 e. The van der Waals surface area contributed by atoms with Gasteiger partial charge in [-0.15, -0.1) is 0 Å². The Morgan fingerprint density at radius 3 is 2.62 bits per heavy atom. The molecule has 0 aromatic carbocycles. The molecule has 1 aliphatic rings. The van der Waals surface area contributed by atoms with Gasteiger partial charge in [0.05, 0.1) is 5.69 Å². The molecule has 0 bridgehead atoms. The summed E-state index contributed by atoms with van der Waals surface area (Å²) in [6.07, 6.45) is 4.25. The van der Waals surface area contributed by atoms with Crippen molar-refractivity contribution < 1.29 is 0 Å². The van der Waals surface area contributed by atoms with E-state index < -0.39 is 0 Å². The molecule has 1 aliphatic heterocycles. The third-order valence-electron chi connectivity index (χ3n) is 3.93. The maximum absolute atomic E-state index is 4.40. The molecular weight excluding hydrogens is 198 g/mol. The average Bonchev–Trinajstić information content (AvgIpc) is 2.50. The molecule has 0 unspecified atom stereocenters. The quantitative estimate of drug-likeness (QED) is 0.802. The topological polar surface area (TPSA) is 37.0 Å². The van der Waals surface area contributed by atoms with Crippen LogP contribution in [0.15, 0.2) is 12.3 Å². The highest BCUT2D eigenvalue weighted by Gasteiger charge is 2.29. The molecule has 16 heavy (non-hydrogen) atoms. The van der Waals surface area contributed by atoms with Gasteiger partial charge in [-0.1, -0.05) is 13.8 Å².